The second-order valence-corrected chi connectivity index (χ2v) is 6.65. The van der Waals surface area contributed by atoms with Crippen LogP contribution >= 0.6 is 0 Å². The first-order chi connectivity index (χ1) is 14.3. The van der Waals surface area contributed by atoms with Gasteiger partial charge in [-0.2, -0.15) is 13.2 Å². The number of anilines is 2. The topological polar surface area (TPSA) is 45.2 Å². The van der Waals surface area contributed by atoms with Crippen LogP contribution in [0, 0.1) is 0 Å². The van der Waals surface area contributed by atoms with Gasteiger partial charge in [0.15, 0.2) is 0 Å². The number of rotatable bonds is 6. The molecule has 0 aliphatic carbocycles. The molecule has 2 aromatic carbocycles. The molecule has 0 bridgehead atoms. The molecule has 0 saturated carbocycles. The summed E-state index contributed by atoms with van der Waals surface area (Å²) in [7, 11) is 0. The summed E-state index contributed by atoms with van der Waals surface area (Å²) in [5.74, 6) is -0.339. The van der Waals surface area contributed by atoms with E-state index in [-0.39, 0.29) is 11.6 Å². The van der Waals surface area contributed by atoms with Gasteiger partial charge in [-0.25, -0.2) is 0 Å². The van der Waals surface area contributed by atoms with Crippen LogP contribution in [0.2, 0.25) is 0 Å². The average molecular weight is 413 g/mol. The van der Waals surface area contributed by atoms with Gasteiger partial charge in [0.1, 0.15) is 0 Å². The smallest absolute Gasteiger partial charge is 0.372 e. The molecule has 156 valence electrons. The third kappa shape index (κ3) is 4.79. The molecule has 7 heteroatoms. The van der Waals surface area contributed by atoms with Crippen LogP contribution in [0.3, 0.4) is 0 Å². The maximum atomic E-state index is 13.2. The monoisotopic (exact) mass is 413 g/mol. The van der Waals surface area contributed by atoms with Gasteiger partial charge in [0.2, 0.25) is 0 Å². The van der Waals surface area contributed by atoms with Crippen molar-refractivity contribution in [2.75, 3.05) is 23.3 Å². The summed E-state index contributed by atoms with van der Waals surface area (Å²) in [6, 6.07) is 15.7. The van der Waals surface area contributed by atoms with Crippen LogP contribution in [0.25, 0.3) is 11.3 Å². The van der Waals surface area contributed by atoms with Crippen LogP contribution in [-0.2, 0) is 6.18 Å². The number of hydrogen-bond donors (Lipinski definition) is 1. The first kappa shape index (κ1) is 21.4. The Morgan fingerprint density at radius 3 is 2.17 bits per heavy atom. The van der Waals surface area contributed by atoms with Gasteiger partial charge in [-0.3, -0.25) is 9.78 Å². The van der Waals surface area contributed by atoms with Crippen LogP contribution in [0.5, 0.6) is 0 Å². The molecular weight excluding hydrogens is 391 g/mol. The number of nitrogens with zero attached hydrogens (tertiary/aromatic N) is 2. The zero-order valence-corrected chi connectivity index (χ0v) is 16.7. The van der Waals surface area contributed by atoms with Crippen LogP contribution in [-0.4, -0.2) is 24.0 Å². The van der Waals surface area contributed by atoms with Crippen LogP contribution in [0.1, 0.15) is 29.8 Å². The maximum Gasteiger partial charge on any atom is 0.418 e. The molecule has 0 aliphatic heterocycles. The lowest BCUT2D eigenvalue weighted by Crippen LogP contribution is -2.21. The largest absolute Gasteiger partial charge is 0.418 e. The van der Waals surface area contributed by atoms with E-state index in [9.17, 15) is 18.0 Å². The number of pyridine rings is 1. The highest BCUT2D eigenvalue weighted by Gasteiger charge is 2.34. The highest BCUT2D eigenvalue weighted by Crippen LogP contribution is 2.35. The van der Waals surface area contributed by atoms with Gasteiger partial charge in [0, 0.05) is 41.8 Å². The predicted molar refractivity (Wildman–Crippen MR) is 113 cm³/mol. The van der Waals surface area contributed by atoms with Crippen molar-refractivity contribution in [3.63, 3.8) is 0 Å². The molecule has 0 radical (unpaired) electrons. The van der Waals surface area contributed by atoms with E-state index in [1.165, 1.54) is 36.5 Å². The molecule has 1 heterocycles. The quantitative estimate of drug-likeness (QED) is 0.550. The lowest BCUT2D eigenvalue weighted by molar-refractivity contribution is -0.137. The molecule has 0 saturated heterocycles. The zero-order valence-electron chi connectivity index (χ0n) is 16.7. The molecule has 1 aromatic heterocycles. The Balaban J connectivity index is 1.75. The summed E-state index contributed by atoms with van der Waals surface area (Å²) in [5.41, 5.74) is 1.38. The number of alkyl halides is 3. The van der Waals surface area contributed by atoms with E-state index < -0.39 is 11.7 Å². The van der Waals surface area contributed by atoms with E-state index in [0.29, 0.717) is 16.8 Å². The predicted octanol–water partition coefficient (Wildman–Crippen LogP) is 5.87. The number of carbonyl (C=O) groups is 1. The molecule has 0 spiro atoms. The van der Waals surface area contributed by atoms with Gasteiger partial charge < -0.3 is 10.2 Å². The summed E-state index contributed by atoms with van der Waals surface area (Å²) < 4.78 is 39.6. The number of hydrogen-bond acceptors (Lipinski definition) is 3. The second-order valence-electron chi connectivity index (χ2n) is 6.65. The normalized spacial score (nSPS) is 11.2. The van der Waals surface area contributed by atoms with E-state index in [0.717, 1.165) is 24.8 Å². The SMILES string of the molecule is CCN(CC)c1ccc(NC(=O)c2ccc(-c3ncccc3C(F)(F)F)cc2)cc1. The summed E-state index contributed by atoms with van der Waals surface area (Å²) in [4.78, 5) is 18.6. The zero-order chi connectivity index (χ0) is 21.7. The number of halogens is 3. The molecule has 0 fully saturated rings. The van der Waals surface area contributed by atoms with Gasteiger partial charge in [-0.05, 0) is 62.4 Å². The van der Waals surface area contributed by atoms with Gasteiger partial charge in [-0.15, -0.1) is 0 Å². The molecule has 1 N–H and O–H groups in total. The highest BCUT2D eigenvalue weighted by molar-refractivity contribution is 6.04. The van der Waals surface area contributed by atoms with Crippen LogP contribution in [0.4, 0.5) is 24.5 Å². The number of nitrogens with one attached hydrogen (secondary N) is 1. The molecule has 4 nitrogen and oxygen atoms in total. The van der Waals surface area contributed by atoms with Gasteiger partial charge in [0.25, 0.3) is 5.91 Å². The highest BCUT2D eigenvalue weighted by atomic mass is 19.4. The van der Waals surface area contributed by atoms with Crippen LogP contribution in [0.15, 0.2) is 66.9 Å². The molecule has 30 heavy (non-hydrogen) atoms. The summed E-state index contributed by atoms with van der Waals surface area (Å²) in [5, 5.41) is 2.80. The minimum atomic E-state index is -4.50. The van der Waals surface area contributed by atoms with Crippen LogP contribution < -0.4 is 10.2 Å². The van der Waals surface area contributed by atoms with Crippen molar-refractivity contribution in [2.45, 2.75) is 20.0 Å². The average Bonchev–Trinajstić information content (AvgIpc) is 2.75. The fourth-order valence-electron chi connectivity index (χ4n) is 3.19. The molecule has 1 amide bonds. The summed E-state index contributed by atoms with van der Waals surface area (Å²) in [6.45, 7) is 5.93. The van der Waals surface area contributed by atoms with Gasteiger partial charge in [0.05, 0.1) is 11.3 Å². The third-order valence-corrected chi connectivity index (χ3v) is 4.79. The maximum absolute atomic E-state index is 13.2. The Kier molecular flexibility index (Phi) is 6.40. The Morgan fingerprint density at radius 2 is 1.60 bits per heavy atom. The van der Waals surface area contributed by atoms with Gasteiger partial charge >= 0.3 is 6.18 Å². The van der Waals surface area contributed by atoms with Gasteiger partial charge in [-0.1, -0.05) is 12.1 Å². The van der Waals surface area contributed by atoms with E-state index in [4.69, 9.17) is 0 Å². The van der Waals surface area contributed by atoms with Crippen molar-refractivity contribution in [2.24, 2.45) is 0 Å². The number of aromatic nitrogens is 1. The van der Waals surface area contributed by atoms with Crippen molar-refractivity contribution < 1.29 is 18.0 Å². The fourth-order valence-corrected chi connectivity index (χ4v) is 3.19. The van der Waals surface area contributed by atoms with Crippen molar-refractivity contribution in [3.8, 4) is 11.3 Å². The van der Waals surface area contributed by atoms with E-state index >= 15 is 0 Å². The molecular formula is C23H22F3N3O. The Bertz CT molecular complexity index is 995. The number of carbonyl (C=O) groups excluding carboxylic acids is 1. The number of benzene rings is 2. The molecule has 0 unspecified atom stereocenters. The molecule has 3 rings (SSSR count). The molecule has 0 atom stereocenters. The second kappa shape index (κ2) is 8.98. The lowest BCUT2D eigenvalue weighted by atomic mass is 10.0. The Hall–Kier alpha value is -3.35. The minimum Gasteiger partial charge on any atom is -0.372 e. The van der Waals surface area contributed by atoms with E-state index in [1.54, 1.807) is 0 Å². The summed E-state index contributed by atoms with van der Waals surface area (Å²) in [6.07, 6.45) is -3.19. The minimum absolute atomic E-state index is 0.163. The number of amides is 1. The molecule has 0 aliphatic rings. The van der Waals surface area contributed by atoms with Crippen molar-refractivity contribution in [1.29, 1.82) is 0 Å². The van der Waals surface area contributed by atoms with E-state index in [1.807, 2.05) is 24.3 Å². The standard InChI is InChI=1S/C23H22F3N3O/c1-3-29(4-2)19-13-11-18(12-14-19)28-22(30)17-9-7-16(8-10-17)21-20(23(24,25)26)6-5-15-27-21/h5-15H,3-4H2,1-2H3,(H,28,30). The Morgan fingerprint density at radius 1 is 0.967 bits per heavy atom. The first-order valence-corrected chi connectivity index (χ1v) is 9.62. The molecule has 3 aromatic rings. The van der Waals surface area contributed by atoms with E-state index in [2.05, 4.69) is 29.0 Å². The third-order valence-electron chi connectivity index (χ3n) is 4.79. The fraction of sp³-hybridized carbons (Fsp3) is 0.217. The van der Waals surface area contributed by atoms with Crippen molar-refractivity contribution >= 4 is 17.3 Å². The Labute approximate surface area is 173 Å². The van der Waals surface area contributed by atoms with Crippen molar-refractivity contribution in [1.82, 2.24) is 4.98 Å². The first-order valence-electron chi connectivity index (χ1n) is 9.62. The van der Waals surface area contributed by atoms with Crippen molar-refractivity contribution in [3.05, 3.63) is 78.0 Å². The lowest BCUT2D eigenvalue weighted by Gasteiger charge is -2.21. The summed E-state index contributed by atoms with van der Waals surface area (Å²) >= 11 is 0.